The van der Waals surface area contributed by atoms with E-state index in [4.69, 9.17) is 14.8 Å². The van der Waals surface area contributed by atoms with Crippen molar-refractivity contribution in [3.8, 4) is 5.75 Å². The van der Waals surface area contributed by atoms with Crippen molar-refractivity contribution in [1.29, 1.82) is 0 Å². The van der Waals surface area contributed by atoms with E-state index < -0.39 is 0 Å². The lowest BCUT2D eigenvalue weighted by molar-refractivity contribution is 0.196. The zero-order valence-corrected chi connectivity index (χ0v) is 20.0. The lowest BCUT2D eigenvalue weighted by Gasteiger charge is -2.42. The Labute approximate surface area is 196 Å². The van der Waals surface area contributed by atoms with E-state index in [1.165, 1.54) is 5.57 Å². The van der Waals surface area contributed by atoms with Crippen LogP contribution in [-0.2, 0) is 6.42 Å². The Bertz CT molecular complexity index is 959. The van der Waals surface area contributed by atoms with Crippen LogP contribution in [0, 0.1) is 5.82 Å². The molecule has 0 aliphatic carbocycles. The van der Waals surface area contributed by atoms with Gasteiger partial charge in [-0.15, -0.1) is 0 Å². The summed E-state index contributed by atoms with van der Waals surface area (Å²) in [6.45, 7) is 5.64. The molecule has 0 aromatic heterocycles. The number of fused-ring (bicyclic) bond motifs is 1. The van der Waals surface area contributed by atoms with Crippen LogP contribution >= 0.6 is 22.9 Å². The summed E-state index contributed by atoms with van der Waals surface area (Å²) in [6.07, 6.45) is 9.78. The Balaban J connectivity index is 1.61. The predicted octanol–water partition coefficient (Wildman–Crippen LogP) is 3.72. The molecule has 0 amide bonds. The van der Waals surface area contributed by atoms with E-state index >= 15 is 0 Å². The molecule has 3 aliphatic rings. The van der Waals surface area contributed by atoms with Gasteiger partial charge in [-0.25, -0.2) is 4.39 Å². The van der Waals surface area contributed by atoms with E-state index in [0.29, 0.717) is 12.0 Å². The maximum atomic E-state index is 14.7. The van der Waals surface area contributed by atoms with Crippen LogP contribution in [0.2, 0.25) is 0 Å². The number of halogens is 2. The number of nitrogens with zero attached hydrogens (tertiary/aromatic N) is 3. The van der Waals surface area contributed by atoms with Crippen molar-refractivity contribution < 1.29 is 14.2 Å². The molecule has 166 valence electrons. The van der Waals surface area contributed by atoms with Gasteiger partial charge in [0.1, 0.15) is 6.61 Å². The van der Waals surface area contributed by atoms with Gasteiger partial charge >= 0.3 is 0 Å². The van der Waals surface area contributed by atoms with E-state index in [1.807, 2.05) is 13.0 Å². The van der Waals surface area contributed by atoms with Crippen molar-refractivity contribution in [3.05, 3.63) is 59.2 Å². The van der Waals surface area contributed by atoms with Crippen LogP contribution in [0.25, 0.3) is 0 Å². The highest BCUT2D eigenvalue weighted by molar-refractivity contribution is 14.1. The molecule has 2 unspecified atom stereocenters. The van der Waals surface area contributed by atoms with Gasteiger partial charge in [-0.05, 0) is 31.1 Å². The summed E-state index contributed by atoms with van der Waals surface area (Å²) < 4.78 is 22.3. The Hall–Kier alpha value is -2.07. The third kappa shape index (κ3) is 4.45. The molecular formula is C23H28FIN4O2. The lowest BCUT2D eigenvalue weighted by atomic mass is 9.93. The summed E-state index contributed by atoms with van der Waals surface area (Å²) in [5.74, 6) is -0.140. The zero-order valence-electron chi connectivity index (χ0n) is 17.8. The third-order valence-corrected chi connectivity index (χ3v) is 6.70. The first-order valence-electron chi connectivity index (χ1n) is 10.7. The molecule has 1 fully saturated rings. The molecule has 3 heterocycles. The number of piperidine rings is 1. The van der Waals surface area contributed by atoms with Crippen LogP contribution in [0.3, 0.4) is 0 Å². The number of anilines is 1. The number of hydrogen-bond donors (Lipinski definition) is 2. The van der Waals surface area contributed by atoms with Gasteiger partial charge in [-0.2, -0.15) is 0 Å². The predicted molar refractivity (Wildman–Crippen MR) is 130 cm³/mol. The molecule has 0 bridgehead atoms. The number of nitrogens with one attached hydrogen (secondary N) is 1. The highest BCUT2D eigenvalue weighted by Gasteiger charge is 2.34. The van der Waals surface area contributed by atoms with Gasteiger partial charge in [0, 0.05) is 48.7 Å². The Kier molecular flexibility index (Phi) is 6.86. The number of aliphatic imine (C=N–C) groups is 1. The van der Waals surface area contributed by atoms with Crippen LogP contribution in [0.5, 0.6) is 5.75 Å². The summed E-state index contributed by atoms with van der Waals surface area (Å²) in [6, 6.07) is 3.76. The van der Waals surface area contributed by atoms with Crippen molar-refractivity contribution in [2.45, 2.75) is 38.9 Å². The molecule has 0 radical (unpaired) electrons. The highest BCUT2D eigenvalue weighted by atomic mass is 127. The first-order valence-corrected chi connectivity index (χ1v) is 11.7. The fraction of sp³-hybridized carbons (Fsp3) is 0.435. The quantitative estimate of drug-likeness (QED) is 0.428. The van der Waals surface area contributed by atoms with Gasteiger partial charge in [0.05, 0.1) is 41.2 Å². The Morgan fingerprint density at radius 1 is 1.39 bits per heavy atom. The summed E-state index contributed by atoms with van der Waals surface area (Å²) >= 11 is 2.31. The van der Waals surface area contributed by atoms with Gasteiger partial charge < -0.3 is 20.1 Å². The molecule has 1 saturated heterocycles. The lowest BCUT2D eigenvalue weighted by Crippen LogP contribution is -2.47. The fourth-order valence-corrected chi connectivity index (χ4v) is 4.96. The molecule has 31 heavy (non-hydrogen) atoms. The van der Waals surface area contributed by atoms with E-state index in [1.54, 1.807) is 6.07 Å². The molecule has 2 atom stereocenters. The zero-order chi connectivity index (χ0) is 22.0. The first-order chi connectivity index (χ1) is 15.0. The minimum absolute atomic E-state index is 0.0425. The topological polar surface area (TPSA) is 60.3 Å². The molecule has 0 saturated carbocycles. The van der Waals surface area contributed by atoms with Crippen LogP contribution in [0.4, 0.5) is 10.1 Å². The minimum Gasteiger partial charge on any atom is -0.488 e. The fourth-order valence-electron chi connectivity index (χ4n) is 4.23. The Morgan fingerprint density at radius 2 is 2.23 bits per heavy atom. The maximum absolute atomic E-state index is 14.7. The second-order valence-electron chi connectivity index (χ2n) is 7.77. The van der Waals surface area contributed by atoms with Crippen LogP contribution in [0.1, 0.15) is 25.8 Å². The standard InChI is InChI=1S/C23H28FIN4O2/c1-3-16-12-17(13-21(22(16)24)31-11-10-30)28-9-7-19-18(15(28)2)14-29(25)23(27-19)20-6-4-5-8-26-20/h4-6,12-15,23,26,30H,3,7-11H2,1-2H3. The summed E-state index contributed by atoms with van der Waals surface area (Å²) in [5.41, 5.74) is 4.97. The smallest absolute Gasteiger partial charge is 0.169 e. The van der Waals surface area contributed by atoms with Gasteiger partial charge in [-0.3, -0.25) is 8.11 Å². The van der Waals surface area contributed by atoms with Crippen LogP contribution in [-0.4, -0.2) is 52.4 Å². The van der Waals surface area contributed by atoms with Crippen molar-refractivity contribution in [3.63, 3.8) is 0 Å². The number of allylic oxidation sites excluding steroid dienone is 2. The van der Waals surface area contributed by atoms with E-state index in [0.717, 1.165) is 36.6 Å². The molecule has 1 aromatic carbocycles. The van der Waals surface area contributed by atoms with Crippen molar-refractivity contribution in [2.24, 2.45) is 4.99 Å². The van der Waals surface area contributed by atoms with Crippen molar-refractivity contribution in [1.82, 2.24) is 8.43 Å². The second-order valence-corrected chi connectivity index (χ2v) is 8.89. The van der Waals surface area contributed by atoms with E-state index in [-0.39, 0.29) is 37.0 Å². The van der Waals surface area contributed by atoms with Crippen molar-refractivity contribution >= 4 is 34.3 Å². The monoisotopic (exact) mass is 538 g/mol. The summed E-state index contributed by atoms with van der Waals surface area (Å²) in [4.78, 5) is 7.33. The average molecular weight is 538 g/mol. The molecule has 0 spiro atoms. The maximum Gasteiger partial charge on any atom is 0.169 e. The normalized spacial score (nSPS) is 22.9. The second kappa shape index (κ2) is 9.60. The molecule has 2 N–H and O–H groups in total. The minimum atomic E-state index is -0.341. The SMILES string of the molecule is CCc1cc(N2CCC3=NC(C4=CC=CCN4)N(I)C=C3C2C)cc(OCCO)c1F. The largest absolute Gasteiger partial charge is 0.488 e. The summed E-state index contributed by atoms with van der Waals surface area (Å²) in [5, 5.41) is 12.5. The third-order valence-electron chi connectivity index (χ3n) is 5.89. The van der Waals surface area contributed by atoms with Gasteiger partial charge in [-0.1, -0.05) is 19.1 Å². The molecule has 8 heteroatoms. The van der Waals surface area contributed by atoms with E-state index in [9.17, 15) is 4.39 Å². The number of benzene rings is 1. The van der Waals surface area contributed by atoms with E-state index in [2.05, 4.69) is 67.5 Å². The number of hydrogen-bond acceptors (Lipinski definition) is 6. The van der Waals surface area contributed by atoms with Gasteiger partial charge in [0.15, 0.2) is 17.7 Å². The molecule has 1 aromatic rings. The molecule has 4 rings (SSSR count). The number of ether oxygens (including phenoxy) is 1. The van der Waals surface area contributed by atoms with Gasteiger partial charge in [0.2, 0.25) is 0 Å². The first kappa shape index (κ1) is 22.1. The van der Waals surface area contributed by atoms with Crippen LogP contribution < -0.4 is 15.0 Å². The number of dihydropyridines is 1. The highest BCUT2D eigenvalue weighted by Crippen LogP contribution is 2.36. The molecule has 3 aliphatic heterocycles. The van der Waals surface area contributed by atoms with Crippen LogP contribution in [0.15, 0.2) is 52.8 Å². The average Bonchev–Trinajstić information content (AvgIpc) is 2.79. The molecule has 6 nitrogen and oxygen atoms in total. The summed E-state index contributed by atoms with van der Waals surface area (Å²) in [7, 11) is 0. The molecular weight excluding hydrogens is 510 g/mol. The van der Waals surface area contributed by atoms with Gasteiger partial charge in [0.25, 0.3) is 0 Å². The van der Waals surface area contributed by atoms with Crippen molar-refractivity contribution in [2.75, 3.05) is 31.2 Å². The number of aliphatic hydroxyl groups excluding tert-OH is 1. The number of aliphatic hydroxyl groups is 1. The number of aryl methyl sites for hydroxylation is 1. The number of rotatable bonds is 6. The Morgan fingerprint density at radius 3 is 2.94 bits per heavy atom.